The van der Waals surface area contributed by atoms with Crippen molar-refractivity contribution >= 4 is 11.6 Å². The molecule has 1 aromatic carbocycles. The average molecular weight is 350 g/mol. The topological polar surface area (TPSA) is 59.3 Å². The summed E-state index contributed by atoms with van der Waals surface area (Å²) in [5.74, 6) is -0.105. The molecular weight excluding hydrogens is 324 g/mol. The predicted octanol–water partition coefficient (Wildman–Crippen LogP) is 3.78. The molecule has 0 saturated carbocycles. The lowest BCUT2D eigenvalue weighted by Crippen LogP contribution is -2.24. The molecule has 3 aromatic rings. The second-order valence-corrected chi connectivity index (χ2v) is 6.77. The lowest BCUT2D eigenvalue weighted by Gasteiger charge is -2.13. The van der Waals surface area contributed by atoms with Crippen molar-refractivity contribution in [2.75, 3.05) is 6.54 Å². The molecule has 26 heavy (non-hydrogen) atoms. The maximum Gasteiger partial charge on any atom is 0.256 e. The van der Waals surface area contributed by atoms with Gasteiger partial charge < -0.3 is 5.32 Å². The number of aryl methyl sites for hydroxylation is 3. The van der Waals surface area contributed by atoms with Crippen molar-refractivity contribution in [3.8, 4) is 0 Å². The van der Waals surface area contributed by atoms with Crippen LogP contribution in [0.2, 0.25) is 0 Å². The van der Waals surface area contributed by atoms with E-state index in [2.05, 4.69) is 48.5 Å². The molecule has 0 aliphatic carbocycles. The number of hydrogen-bond donors (Lipinski definition) is 1. The smallest absolute Gasteiger partial charge is 0.256 e. The number of fused-ring (bicyclic) bond motifs is 1. The van der Waals surface area contributed by atoms with Gasteiger partial charge in [0.2, 0.25) is 0 Å². The molecule has 0 radical (unpaired) electrons. The number of nitrogens with one attached hydrogen (secondary N) is 1. The van der Waals surface area contributed by atoms with Gasteiger partial charge in [-0.25, -0.2) is 9.50 Å². The van der Waals surface area contributed by atoms with E-state index in [1.165, 1.54) is 11.1 Å². The Bertz CT molecular complexity index is 943. The summed E-state index contributed by atoms with van der Waals surface area (Å²) in [7, 11) is 0. The Morgan fingerprint density at radius 3 is 2.69 bits per heavy atom. The summed E-state index contributed by atoms with van der Waals surface area (Å²) in [6.07, 6.45) is 4.45. The summed E-state index contributed by atoms with van der Waals surface area (Å²) >= 11 is 0. The standard InChI is InChI=1S/C21H26N4O/c1-5-6-11-22-21(26)19-13-23-25-16(4)18(15(3)24-20(19)25)12-17-10-8-7-9-14(17)2/h7-10,13H,5-6,11-12H2,1-4H3,(H,22,26). The summed E-state index contributed by atoms with van der Waals surface area (Å²) in [5, 5.41) is 7.37. The van der Waals surface area contributed by atoms with Crippen molar-refractivity contribution in [2.24, 2.45) is 0 Å². The molecular formula is C21H26N4O. The summed E-state index contributed by atoms with van der Waals surface area (Å²) in [6, 6.07) is 8.38. The van der Waals surface area contributed by atoms with E-state index in [9.17, 15) is 4.79 Å². The van der Waals surface area contributed by atoms with Crippen LogP contribution < -0.4 is 5.32 Å². The van der Waals surface area contributed by atoms with Crippen LogP contribution in [0.25, 0.3) is 5.65 Å². The minimum Gasteiger partial charge on any atom is -0.352 e. The quantitative estimate of drug-likeness (QED) is 0.688. The van der Waals surface area contributed by atoms with E-state index in [4.69, 9.17) is 4.98 Å². The van der Waals surface area contributed by atoms with Gasteiger partial charge >= 0.3 is 0 Å². The molecule has 1 amide bonds. The van der Waals surface area contributed by atoms with Gasteiger partial charge in [0.1, 0.15) is 5.56 Å². The van der Waals surface area contributed by atoms with Gasteiger partial charge in [0.05, 0.1) is 6.20 Å². The van der Waals surface area contributed by atoms with E-state index < -0.39 is 0 Å². The van der Waals surface area contributed by atoms with Gasteiger partial charge in [-0.2, -0.15) is 5.10 Å². The summed E-state index contributed by atoms with van der Waals surface area (Å²) < 4.78 is 1.79. The van der Waals surface area contributed by atoms with Crippen molar-refractivity contribution in [3.05, 3.63) is 64.1 Å². The molecule has 0 spiro atoms. The second-order valence-electron chi connectivity index (χ2n) is 6.77. The van der Waals surface area contributed by atoms with Crippen molar-refractivity contribution < 1.29 is 4.79 Å². The van der Waals surface area contributed by atoms with E-state index >= 15 is 0 Å². The Hall–Kier alpha value is -2.69. The number of rotatable bonds is 6. The normalized spacial score (nSPS) is 11.1. The first-order valence-corrected chi connectivity index (χ1v) is 9.19. The molecule has 0 aliphatic rings. The average Bonchev–Trinajstić information content (AvgIpc) is 3.04. The SMILES string of the molecule is CCCCNC(=O)c1cnn2c(C)c(Cc3ccccc3C)c(C)nc12. The van der Waals surface area contributed by atoms with Crippen LogP contribution in [0.15, 0.2) is 30.5 Å². The van der Waals surface area contributed by atoms with Crippen LogP contribution in [0, 0.1) is 20.8 Å². The monoisotopic (exact) mass is 350 g/mol. The van der Waals surface area contributed by atoms with Crippen molar-refractivity contribution in [2.45, 2.75) is 47.0 Å². The molecule has 2 aromatic heterocycles. The third-order valence-corrected chi connectivity index (χ3v) is 4.90. The fraction of sp³-hybridized carbons (Fsp3) is 0.381. The lowest BCUT2D eigenvalue weighted by molar-refractivity contribution is 0.0954. The number of amides is 1. The first-order chi connectivity index (χ1) is 12.5. The molecule has 1 N–H and O–H groups in total. The zero-order valence-corrected chi connectivity index (χ0v) is 16.0. The van der Waals surface area contributed by atoms with Gasteiger partial charge in [0, 0.05) is 24.4 Å². The fourth-order valence-electron chi connectivity index (χ4n) is 3.20. The molecule has 0 aliphatic heterocycles. The van der Waals surface area contributed by atoms with E-state index in [1.807, 2.05) is 13.8 Å². The van der Waals surface area contributed by atoms with Gasteiger partial charge in [0.25, 0.3) is 5.91 Å². The lowest BCUT2D eigenvalue weighted by atomic mass is 9.99. The van der Waals surface area contributed by atoms with Crippen molar-refractivity contribution in [1.82, 2.24) is 19.9 Å². The molecule has 0 unspecified atom stereocenters. The van der Waals surface area contributed by atoms with Gasteiger partial charge in [-0.3, -0.25) is 4.79 Å². The Labute approximate surface area is 154 Å². The highest BCUT2D eigenvalue weighted by Gasteiger charge is 2.18. The van der Waals surface area contributed by atoms with E-state index in [-0.39, 0.29) is 5.91 Å². The molecule has 0 fully saturated rings. The Kier molecular flexibility index (Phi) is 5.35. The highest BCUT2D eigenvalue weighted by Crippen LogP contribution is 2.21. The number of aromatic nitrogens is 3. The van der Waals surface area contributed by atoms with Crippen LogP contribution in [0.5, 0.6) is 0 Å². The fourth-order valence-corrected chi connectivity index (χ4v) is 3.20. The van der Waals surface area contributed by atoms with Crippen LogP contribution in [0.1, 0.15) is 58.2 Å². The van der Waals surface area contributed by atoms with Crippen LogP contribution >= 0.6 is 0 Å². The van der Waals surface area contributed by atoms with Crippen LogP contribution in [0.4, 0.5) is 0 Å². The summed E-state index contributed by atoms with van der Waals surface area (Å²) in [4.78, 5) is 17.1. The van der Waals surface area contributed by atoms with E-state index in [1.54, 1.807) is 10.7 Å². The number of hydrogen-bond acceptors (Lipinski definition) is 3. The molecule has 5 heteroatoms. The van der Waals surface area contributed by atoms with Crippen molar-refractivity contribution in [3.63, 3.8) is 0 Å². The molecule has 3 rings (SSSR count). The van der Waals surface area contributed by atoms with Gasteiger partial charge in [0.15, 0.2) is 5.65 Å². The first kappa shape index (κ1) is 18.1. The summed E-state index contributed by atoms with van der Waals surface area (Å²) in [6.45, 7) is 8.95. The number of benzene rings is 1. The Balaban J connectivity index is 1.96. The van der Waals surface area contributed by atoms with Crippen LogP contribution in [0.3, 0.4) is 0 Å². The third kappa shape index (κ3) is 3.47. The first-order valence-electron chi connectivity index (χ1n) is 9.19. The zero-order chi connectivity index (χ0) is 18.7. The van der Waals surface area contributed by atoms with Crippen LogP contribution in [-0.2, 0) is 6.42 Å². The van der Waals surface area contributed by atoms with Crippen molar-refractivity contribution in [1.29, 1.82) is 0 Å². The number of carbonyl (C=O) groups is 1. The Morgan fingerprint density at radius 1 is 1.19 bits per heavy atom. The Morgan fingerprint density at radius 2 is 1.96 bits per heavy atom. The number of carbonyl (C=O) groups excluding carboxylic acids is 1. The van der Waals surface area contributed by atoms with E-state index in [0.717, 1.165) is 36.2 Å². The molecule has 2 heterocycles. The van der Waals surface area contributed by atoms with Gasteiger partial charge in [-0.05, 0) is 43.9 Å². The minimum atomic E-state index is -0.105. The zero-order valence-electron chi connectivity index (χ0n) is 16.0. The highest BCUT2D eigenvalue weighted by atomic mass is 16.1. The van der Waals surface area contributed by atoms with Gasteiger partial charge in [-0.1, -0.05) is 37.6 Å². The van der Waals surface area contributed by atoms with Crippen LogP contribution in [-0.4, -0.2) is 27.0 Å². The number of nitrogens with zero attached hydrogens (tertiary/aromatic N) is 3. The maximum atomic E-state index is 12.4. The second kappa shape index (κ2) is 7.68. The highest BCUT2D eigenvalue weighted by molar-refractivity contribution is 5.99. The maximum absolute atomic E-state index is 12.4. The molecule has 5 nitrogen and oxygen atoms in total. The predicted molar refractivity (Wildman–Crippen MR) is 104 cm³/mol. The molecule has 0 atom stereocenters. The molecule has 136 valence electrons. The van der Waals surface area contributed by atoms with E-state index in [0.29, 0.717) is 17.8 Å². The third-order valence-electron chi connectivity index (χ3n) is 4.90. The minimum absolute atomic E-state index is 0.105. The summed E-state index contributed by atoms with van der Waals surface area (Å²) in [5.41, 5.74) is 6.85. The molecule has 0 bridgehead atoms. The molecule has 0 saturated heterocycles. The number of unbranched alkanes of at least 4 members (excludes halogenated alkanes) is 1. The largest absolute Gasteiger partial charge is 0.352 e. The van der Waals surface area contributed by atoms with Gasteiger partial charge in [-0.15, -0.1) is 0 Å².